The van der Waals surface area contributed by atoms with Gasteiger partial charge in [-0.15, -0.1) is 11.3 Å². The van der Waals surface area contributed by atoms with Gasteiger partial charge in [-0.2, -0.15) is 0 Å². The number of likely N-dealkylation sites (tertiary alicyclic amines) is 1. The predicted molar refractivity (Wildman–Crippen MR) is 126 cm³/mol. The fraction of sp³-hybridized carbons (Fsp3) is 0.348. The smallest absolute Gasteiger partial charge is 0.240 e. The second kappa shape index (κ2) is 7.75. The third-order valence-corrected chi connectivity index (χ3v) is 7.37. The summed E-state index contributed by atoms with van der Waals surface area (Å²) in [6.07, 6.45) is 5.63. The molecule has 8 nitrogen and oxygen atoms in total. The van der Waals surface area contributed by atoms with Crippen molar-refractivity contribution >= 4 is 50.0 Å². The Kier molecular flexibility index (Phi) is 4.73. The molecule has 1 amide bonds. The van der Waals surface area contributed by atoms with E-state index in [2.05, 4.69) is 29.7 Å². The van der Waals surface area contributed by atoms with Crippen LogP contribution in [-0.4, -0.2) is 69.5 Å². The Bertz CT molecular complexity index is 1290. The molecule has 2 fully saturated rings. The molecular weight excluding hydrogens is 422 g/mol. The minimum absolute atomic E-state index is 0.0955. The number of nitrogens with zero attached hydrogens (tertiary/aromatic N) is 7. The lowest BCUT2D eigenvalue weighted by Gasteiger charge is -2.41. The van der Waals surface area contributed by atoms with E-state index in [9.17, 15) is 4.79 Å². The van der Waals surface area contributed by atoms with Crippen molar-refractivity contribution in [1.82, 2.24) is 24.8 Å². The number of amides is 1. The number of carbonyl (C=O) groups is 1. The van der Waals surface area contributed by atoms with Crippen LogP contribution in [0.4, 0.5) is 11.5 Å². The maximum Gasteiger partial charge on any atom is 0.240 e. The molecule has 5 heterocycles. The zero-order chi connectivity index (χ0) is 21.7. The summed E-state index contributed by atoms with van der Waals surface area (Å²) >= 11 is 1.55. The molecule has 2 bridgehead atoms. The van der Waals surface area contributed by atoms with Crippen LogP contribution in [0.15, 0.2) is 48.4 Å². The first-order valence-corrected chi connectivity index (χ1v) is 11.7. The Labute approximate surface area is 189 Å². The highest BCUT2D eigenvalue weighted by Crippen LogP contribution is 2.37. The van der Waals surface area contributed by atoms with Gasteiger partial charge in [-0.05, 0) is 37.1 Å². The number of rotatable bonds is 4. The minimum atomic E-state index is 0.0955. The Morgan fingerprint density at radius 2 is 1.94 bits per heavy atom. The van der Waals surface area contributed by atoms with E-state index in [-0.39, 0.29) is 5.91 Å². The zero-order valence-electron chi connectivity index (χ0n) is 17.8. The second-order valence-corrected chi connectivity index (χ2v) is 9.32. The summed E-state index contributed by atoms with van der Waals surface area (Å²) in [5, 5.41) is 0.992. The third kappa shape index (κ3) is 3.20. The number of hydrogen-bond donors (Lipinski definition) is 0. The fourth-order valence-corrected chi connectivity index (χ4v) is 5.77. The van der Waals surface area contributed by atoms with Crippen LogP contribution in [-0.2, 0) is 4.79 Å². The van der Waals surface area contributed by atoms with E-state index in [0.29, 0.717) is 18.6 Å². The van der Waals surface area contributed by atoms with Crippen molar-refractivity contribution in [3.63, 3.8) is 0 Å². The summed E-state index contributed by atoms with van der Waals surface area (Å²) in [6.45, 7) is 2.11. The van der Waals surface area contributed by atoms with Gasteiger partial charge in [0.1, 0.15) is 16.7 Å². The molecule has 3 aromatic heterocycles. The van der Waals surface area contributed by atoms with Crippen molar-refractivity contribution in [1.29, 1.82) is 0 Å². The maximum absolute atomic E-state index is 13.2. The van der Waals surface area contributed by atoms with E-state index in [0.717, 1.165) is 58.7 Å². The van der Waals surface area contributed by atoms with Gasteiger partial charge in [-0.3, -0.25) is 14.7 Å². The molecule has 9 heteroatoms. The van der Waals surface area contributed by atoms with E-state index in [1.165, 1.54) is 0 Å². The Balaban J connectivity index is 1.20. The fourth-order valence-electron chi connectivity index (χ4n) is 5.15. The summed E-state index contributed by atoms with van der Waals surface area (Å²) in [5.74, 6) is 1.04. The predicted octanol–water partition coefficient (Wildman–Crippen LogP) is 2.95. The van der Waals surface area contributed by atoms with E-state index in [4.69, 9.17) is 0 Å². The Morgan fingerprint density at radius 1 is 1.09 bits per heavy atom. The van der Waals surface area contributed by atoms with E-state index in [1.54, 1.807) is 28.8 Å². The molecule has 6 rings (SSSR count). The third-order valence-electron chi connectivity index (χ3n) is 6.63. The Hall–Kier alpha value is -3.17. The minimum Gasteiger partial charge on any atom is -0.346 e. The molecule has 1 aromatic carbocycles. The number of pyridine rings is 1. The van der Waals surface area contributed by atoms with Gasteiger partial charge >= 0.3 is 0 Å². The molecule has 2 aliphatic heterocycles. The van der Waals surface area contributed by atoms with Crippen LogP contribution in [0.5, 0.6) is 0 Å². The summed E-state index contributed by atoms with van der Waals surface area (Å²) in [6, 6.07) is 10.5. The van der Waals surface area contributed by atoms with E-state index < -0.39 is 0 Å². The van der Waals surface area contributed by atoms with Crippen molar-refractivity contribution < 1.29 is 4.79 Å². The quantitative estimate of drug-likeness (QED) is 0.478. The Morgan fingerprint density at radius 3 is 2.78 bits per heavy atom. The van der Waals surface area contributed by atoms with Gasteiger partial charge in [0.15, 0.2) is 5.82 Å². The zero-order valence-corrected chi connectivity index (χ0v) is 18.6. The topological polar surface area (TPSA) is 78.4 Å². The lowest BCUT2D eigenvalue weighted by molar-refractivity contribution is -0.119. The largest absolute Gasteiger partial charge is 0.346 e. The second-order valence-electron chi connectivity index (χ2n) is 8.49. The van der Waals surface area contributed by atoms with Gasteiger partial charge in [0.25, 0.3) is 0 Å². The number of aromatic nitrogens is 4. The van der Waals surface area contributed by atoms with Crippen LogP contribution in [0.25, 0.3) is 21.3 Å². The number of fused-ring (bicyclic) bond motifs is 4. The summed E-state index contributed by atoms with van der Waals surface area (Å²) in [4.78, 5) is 38.5. The first kappa shape index (κ1) is 19.5. The summed E-state index contributed by atoms with van der Waals surface area (Å²) in [5.41, 5.74) is 4.52. The number of thiazole rings is 1. The highest BCUT2D eigenvalue weighted by atomic mass is 32.1. The molecule has 0 spiro atoms. The molecule has 162 valence electrons. The molecule has 2 saturated heterocycles. The van der Waals surface area contributed by atoms with Crippen LogP contribution in [0.2, 0.25) is 0 Å². The highest BCUT2D eigenvalue weighted by Gasteiger charge is 2.42. The molecule has 2 aliphatic rings. The lowest BCUT2D eigenvalue weighted by Crippen LogP contribution is -2.56. The molecular formula is C23H23N7OS. The molecule has 0 aliphatic carbocycles. The average Bonchev–Trinajstić information content (AvgIpc) is 3.40. The van der Waals surface area contributed by atoms with Crippen LogP contribution >= 0.6 is 11.3 Å². The molecule has 0 radical (unpaired) electrons. The molecule has 0 saturated carbocycles. The summed E-state index contributed by atoms with van der Waals surface area (Å²) in [7, 11) is 1.86. The standard InChI is InChI=1S/C23H23N7OS/c1-28(19-6-2-5-18-17(19)4-3-9-24-18)20(31)12-29-10-15-7-8-16(11-29)30(15)22-21-23(26-13-25-22)32-14-27-21/h2-6,9,13-16H,7-8,10-12H2,1H3. The van der Waals surface area contributed by atoms with Crippen LogP contribution in [0.1, 0.15) is 12.8 Å². The molecule has 2 unspecified atom stereocenters. The van der Waals surface area contributed by atoms with Crippen LogP contribution < -0.4 is 9.80 Å². The van der Waals surface area contributed by atoms with Crippen LogP contribution in [0.3, 0.4) is 0 Å². The number of piperazine rings is 1. The number of hydrogen-bond acceptors (Lipinski definition) is 8. The number of anilines is 2. The molecule has 32 heavy (non-hydrogen) atoms. The van der Waals surface area contributed by atoms with Crippen LogP contribution in [0, 0.1) is 0 Å². The number of benzene rings is 1. The number of carbonyl (C=O) groups excluding carboxylic acids is 1. The van der Waals surface area contributed by atoms with E-state index >= 15 is 0 Å². The van der Waals surface area contributed by atoms with Crippen molar-refractivity contribution in [3.8, 4) is 0 Å². The van der Waals surface area contributed by atoms with Gasteiger partial charge in [-0.1, -0.05) is 6.07 Å². The van der Waals surface area contributed by atoms with E-state index in [1.807, 2.05) is 42.9 Å². The van der Waals surface area contributed by atoms with Crippen molar-refractivity contribution in [2.75, 3.05) is 36.5 Å². The molecule has 0 N–H and O–H groups in total. The summed E-state index contributed by atoms with van der Waals surface area (Å²) < 4.78 is 0. The van der Waals surface area contributed by atoms with Gasteiger partial charge in [-0.25, -0.2) is 15.0 Å². The first-order chi connectivity index (χ1) is 15.7. The molecule has 4 aromatic rings. The first-order valence-electron chi connectivity index (χ1n) is 10.8. The van der Waals surface area contributed by atoms with Gasteiger partial charge in [0.05, 0.1) is 23.3 Å². The SMILES string of the molecule is CN(C(=O)CN1CC2CCC(C1)N2c1ncnc2scnc12)c1cccc2ncccc12. The maximum atomic E-state index is 13.2. The van der Waals surface area contributed by atoms with Crippen molar-refractivity contribution in [2.24, 2.45) is 0 Å². The van der Waals surface area contributed by atoms with Crippen molar-refractivity contribution in [2.45, 2.75) is 24.9 Å². The van der Waals surface area contributed by atoms with Gasteiger partial charge < -0.3 is 9.80 Å². The normalized spacial score (nSPS) is 20.8. The van der Waals surface area contributed by atoms with Gasteiger partial charge in [0.2, 0.25) is 5.91 Å². The average molecular weight is 446 g/mol. The van der Waals surface area contributed by atoms with Gasteiger partial charge in [0, 0.05) is 43.8 Å². The monoisotopic (exact) mass is 445 g/mol. The number of likely N-dealkylation sites (N-methyl/N-ethyl adjacent to an activating group) is 1. The molecule has 2 atom stereocenters. The van der Waals surface area contributed by atoms with Crippen molar-refractivity contribution in [3.05, 3.63) is 48.4 Å². The highest BCUT2D eigenvalue weighted by molar-refractivity contribution is 7.16. The lowest BCUT2D eigenvalue weighted by atomic mass is 10.1.